The average molecular weight is 283 g/mol. The van der Waals surface area contributed by atoms with Gasteiger partial charge in [0, 0.05) is 5.69 Å². The summed E-state index contributed by atoms with van der Waals surface area (Å²) in [5.74, 6) is -0.0224. The lowest BCUT2D eigenvalue weighted by Gasteiger charge is -2.19. The van der Waals surface area contributed by atoms with E-state index in [1.807, 2.05) is 13.8 Å². The standard InChI is InChI=1S/C12H17N3O3S/c1-12(2)8-15(13-11(12)16)10-6-4-9(5-7-10)14-19(3,17)18/h4-7,14H,8H2,1-3H3,(H,13,16). The number of nitrogens with zero attached hydrogens (tertiary/aromatic N) is 1. The van der Waals surface area contributed by atoms with Gasteiger partial charge in [0.05, 0.1) is 23.9 Å². The van der Waals surface area contributed by atoms with Crippen molar-refractivity contribution in [1.82, 2.24) is 5.43 Å². The molecule has 1 saturated heterocycles. The quantitative estimate of drug-likeness (QED) is 0.865. The highest BCUT2D eigenvalue weighted by molar-refractivity contribution is 7.92. The summed E-state index contributed by atoms with van der Waals surface area (Å²) in [5, 5.41) is 1.76. The summed E-state index contributed by atoms with van der Waals surface area (Å²) in [6.07, 6.45) is 1.10. The van der Waals surface area contributed by atoms with Gasteiger partial charge in [-0.1, -0.05) is 0 Å². The SMILES string of the molecule is CC1(C)CN(c2ccc(NS(C)(=O)=O)cc2)NC1=O. The Kier molecular flexibility index (Phi) is 3.17. The van der Waals surface area contributed by atoms with Gasteiger partial charge in [-0.2, -0.15) is 0 Å². The molecule has 0 unspecified atom stereocenters. The van der Waals surface area contributed by atoms with Crippen molar-refractivity contribution >= 4 is 27.3 Å². The zero-order valence-electron chi connectivity index (χ0n) is 11.1. The summed E-state index contributed by atoms with van der Waals surface area (Å²) in [7, 11) is -3.27. The number of amides is 1. The molecule has 0 saturated carbocycles. The molecular weight excluding hydrogens is 266 g/mol. The first-order chi connectivity index (χ1) is 8.67. The van der Waals surface area contributed by atoms with Crippen molar-refractivity contribution in [2.75, 3.05) is 22.5 Å². The van der Waals surface area contributed by atoms with Crippen molar-refractivity contribution in [3.05, 3.63) is 24.3 Å². The minimum Gasteiger partial charge on any atom is -0.284 e. The van der Waals surface area contributed by atoms with E-state index in [1.54, 1.807) is 29.3 Å². The van der Waals surface area contributed by atoms with Crippen LogP contribution in [0.25, 0.3) is 0 Å². The normalized spacial score (nSPS) is 18.3. The Bertz CT molecular complexity index is 593. The molecule has 1 aliphatic heterocycles. The summed E-state index contributed by atoms with van der Waals surface area (Å²) in [5.41, 5.74) is 3.67. The van der Waals surface area contributed by atoms with Gasteiger partial charge in [-0.05, 0) is 38.1 Å². The summed E-state index contributed by atoms with van der Waals surface area (Å²) in [4.78, 5) is 11.7. The van der Waals surface area contributed by atoms with Crippen LogP contribution in [0.3, 0.4) is 0 Å². The van der Waals surface area contributed by atoms with Crippen molar-refractivity contribution in [3.63, 3.8) is 0 Å². The van der Waals surface area contributed by atoms with Crippen LogP contribution in [-0.4, -0.2) is 27.1 Å². The number of hydrazine groups is 1. The molecule has 1 amide bonds. The van der Waals surface area contributed by atoms with E-state index < -0.39 is 15.4 Å². The number of rotatable bonds is 3. The Morgan fingerprint density at radius 3 is 2.26 bits per heavy atom. The predicted octanol–water partition coefficient (Wildman–Crippen LogP) is 0.935. The monoisotopic (exact) mass is 283 g/mol. The van der Waals surface area contributed by atoms with Crippen LogP contribution in [0.4, 0.5) is 11.4 Å². The molecule has 0 aromatic heterocycles. The minimum atomic E-state index is -3.27. The molecular formula is C12H17N3O3S. The second-order valence-corrected chi connectivity index (χ2v) is 7.08. The molecule has 2 rings (SSSR count). The molecule has 1 heterocycles. The van der Waals surface area contributed by atoms with Crippen molar-refractivity contribution in [2.45, 2.75) is 13.8 Å². The van der Waals surface area contributed by atoms with Crippen molar-refractivity contribution in [2.24, 2.45) is 5.41 Å². The number of benzene rings is 1. The first kappa shape index (κ1) is 13.7. The van der Waals surface area contributed by atoms with Crippen LogP contribution in [0.2, 0.25) is 0 Å². The zero-order valence-corrected chi connectivity index (χ0v) is 11.9. The molecule has 19 heavy (non-hydrogen) atoms. The van der Waals surface area contributed by atoms with Gasteiger partial charge >= 0.3 is 0 Å². The number of nitrogens with one attached hydrogen (secondary N) is 2. The van der Waals surface area contributed by atoms with Gasteiger partial charge in [0.1, 0.15) is 0 Å². The predicted molar refractivity (Wildman–Crippen MR) is 74.2 cm³/mol. The second kappa shape index (κ2) is 4.41. The molecule has 0 radical (unpaired) electrons. The maximum atomic E-state index is 11.7. The van der Waals surface area contributed by atoms with Crippen molar-refractivity contribution in [1.29, 1.82) is 0 Å². The molecule has 1 aromatic carbocycles. The Hall–Kier alpha value is -1.76. The molecule has 6 nitrogen and oxygen atoms in total. The molecule has 0 bridgehead atoms. The molecule has 0 spiro atoms. The third-order valence-corrected chi connectivity index (χ3v) is 3.49. The van der Waals surface area contributed by atoms with E-state index in [0.29, 0.717) is 12.2 Å². The molecule has 104 valence electrons. The summed E-state index contributed by atoms with van der Waals surface area (Å²) in [6.45, 7) is 4.33. The summed E-state index contributed by atoms with van der Waals surface area (Å²) < 4.78 is 24.6. The van der Waals surface area contributed by atoms with E-state index in [0.717, 1.165) is 11.9 Å². The lowest BCUT2D eigenvalue weighted by atomic mass is 9.94. The number of carbonyl (C=O) groups excluding carboxylic acids is 1. The highest BCUT2D eigenvalue weighted by atomic mass is 32.2. The lowest BCUT2D eigenvalue weighted by molar-refractivity contribution is -0.125. The maximum absolute atomic E-state index is 11.7. The third kappa shape index (κ3) is 3.17. The van der Waals surface area contributed by atoms with E-state index in [-0.39, 0.29) is 5.91 Å². The molecule has 1 aromatic rings. The van der Waals surface area contributed by atoms with Crippen LogP contribution in [0, 0.1) is 5.41 Å². The van der Waals surface area contributed by atoms with Crippen LogP contribution < -0.4 is 15.2 Å². The molecule has 1 aliphatic rings. The largest absolute Gasteiger partial charge is 0.284 e. The summed E-state index contributed by atoms with van der Waals surface area (Å²) >= 11 is 0. The highest BCUT2D eigenvalue weighted by Crippen LogP contribution is 2.27. The van der Waals surface area contributed by atoms with Crippen molar-refractivity contribution in [3.8, 4) is 0 Å². The molecule has 1 fully saturated rings. The first-order valence-corrected chi connectivity index (χ1v) is 7.73. The smallest absolute Gasteiger partial charge is 0.246 e. The van der Waals surface area contributed by atoms with Crippen molar-refractivity contribution < 1.29 is 13.2 Å². The fraction of sp³-hybridized carbons (Fsp3) is 0.417. The maximum Gasteiger partial charge on any atom is 0.246 e. The highest BCUT2D eigenvalue weighted by Gasteiger charge is 2.37. The van der Waals surface area contributed by atoms with Crippen LogP contribution >= 0.6 is 0 Å². The lowest BCUT2D eigenvalue weighted by Crippen LogP contribution is -2.33. The molecule has 0 aliphatic carbocycles. The van der Waals surface area contributed by atoms with E-state index in [2.05, 4.69) is 10.1 Å². The van der Waals surface area contributed by atoms with Gasteiger partial charge in [-0.25, -0.2) is 8.42 Å². The summed E-state index contributed by atoms with van der Waals surface area (Å²) in [6, 6.07) is 6.84. The van der Waals surface area contributed by atoms with Crippen LogP contribution in [0.1, 0.15) is 13.8 Å². The topological polar surface area (TPSA) is 78.5 Å². The number of sulfonamides is 1. The number of carbonyl (C=O) groups is 1. The van der Waals surface area contributed by atoms with Gasteiger partial charge in [0.2, 0.25) is 15.9 Å². The number of hydrogen-bond donors (Lipinski definition) is 2. The average Bonchev–Trinajstić information content (AvgIpc) is 2.52. The van der Waals surface area contributed by atoms with E-state index in [9.17, 15) is 13.2 Å². The van der Waals surface area contributed by atoms with Crippen LogP contribution in [0.15, 0.2) is 24.3 Å². The van der Waals surface area contributed by atoms with Crippen LogP contribution in [-0.2, 0) is 14.8 Å². The minimum absolute atomic E-state index is 0.0224. The number of anilines is 2. The van der Waals surface area contributed by atoms with Crippen LogP contribution in [0.5, 0.6) is 0 Å². The van der Waals surface area contributed by atoms with Gasteiger partial charge < -0.3 is 0 Å². The van der Waals surface area contributed by atoms with E-state index in [1.165, 1.54) is 0 Å². The third-order valence-electron chi connectivity index (χ3n) is 2.89. The Morgan fingerprint density at radius 1 is 1.26 bits per heavy atom. The van der Waals surface area contributed by atoms with Gasteiger partial charge in [0.15, 0.2) is 0 Å². The fourth-order valence-electron chi connectivity index (χ4n) is 1.86. The Balaban J connectivity index is 2.14. The Labute approximate surface area is 112 Å². The zero-order chi connectivity index (χ0) is 14.3. The number of hydrogen-bond acceptors (Lipinski definition) is 4. The molecule has 0 atom stereocenters. The van der Waals surface area contributed by atoms with Gasteiger partial charge in [-0.15, -0.1) is 0 Å². The van der Waals surface area contributed by atoms with E-state index in [4.69, 9.17) is 0 Å². The second-order valence-electron chi connectivity index (χ2n) is 5.33. The van der Waals surface area contributed by atoms with Gasteiger partial charge in [0.25, 0.3) is 0 Å². The van der Waals surface area contributed by atoms with Gasteiger partial charge in [-0.3, -0.25) is 20.0 Å². The molecule has 7 heteroatoms. The molecule has 2 N–H and O–H groups in total. The Morgan fingerprint density at radius 2 is 1.84 bits per heavy atom. The fourth-order valence-corrected chi connectivity index (χ4v) is 2.42. The first-order valence-electron chi connectivity index (χ1n) is 5.84. The van der Waals surface area contributed by atoms with E-state index >= 15 is 0 Å².